The van der Waals surface area contributed by atoms with Crippen LogP contribution in [0.3, 0.4) is 0 Å². The van der Waals surface area contributed by atoms with E-state index in [-0.39, 0.29) is 17.9 Å². The molecule has 1 aromatic carbocycles. The lowest BCUT2D eigenvalue weighted by Crippen LogP contribution is -3.15. The van der Waals surface area contributed by atoms with Crippen LogP contribution in [0.1, 0.15) is 29.3 Å². The summed E-state index contributed by atoms with van der Waals surface area (Å²) in [4.78, 5) is 27.7. The molecule has 7 heteroatoms. The molecule has 1 atom stereocenters. The Labute approximate surface area is 162 Å². The fraction of sp³-hybridized carbons (Fsp3) is 0.333. The molecule has 146 valence electrons. The number of amides is 2. The number of quaternary nitrogens is 1. The number of nitrogens with zero attached hydrogens (tertiary/aromatic N) is 1. The molecule has 0 spiro atoms. The van der Waals surface area contributed by atoms with Crippen molar-refractivity contribution < 1.29 is 23.3 Å². The molecular weight excluding hydrogens is 358 g/mol. The normalized spacial score (nSPS) is 16.2. The molecule has 0 bridgehead atoms. The van der Waals surface area contributed by atoms with E-state index in [1.807, 2.05) is 37.3 Å². The minimum Gasteiger partial charge on any atom is -0.459 e. The molecule has 1 saturated heterocycles. The first kappa shape index (κ1) is 18.3. The molecule has 2 N–H and O–H groups in total. The van der Waals surface area contributed by atoms with Crippen LogP contribution >= 0.6 is 0 Å². The van der Waals surface area contributed by atoms with Crippen LogP contribution in [0.5, 0.6) is 0 Å². The first-order chi connectivity index (χ1) is 13.6. The molecule has 1 fully saturated rings. The van der Waals surface area contributed by atoms with Gasteiger partial charge in [-0.3, -0.25) is 9.59 Å². The summed E-state index contributed by atoms with van der Waals surface area (Å²) >= 11 is 0. The number of piperazine rings is 1. The summed E-state index contributed by atoms with van der Waals surface area (Å²) in [5, 5.41) is 4.04. The number of furan rings is 2. The van der Waals surface area contributed by atoms with Gasteiger partial charge in [0.2, 0.25) is 0 Å². The third-order valence-electron chi connectivity index (χ3n) is 5.15. The number of para-hydroxylation sites is 1. The Morgan fingerprint density at radius 1 is 1.18 bits per heavy atom. The predicted octanol–water partition coefficient (Wildman–Crippen LogP) is 1.24. The van der Waals surface area contributed by atoms with Gasteiger partial charge in [-0.15, -0.1) is 0 Å². The molecule has 7 nitrogen and oxygen atoms in total. The van der Waals surface area contributed by atoms with Crippen molar-refractivity contribution in [2.24, 2.45) is 0 Å². The average molecular weight is 382 g/mol. The number of hydrogen-bond acceptors (Lipinski definition) is 4. The largest absolute Gasteiger partial charge is 0.459 e. The highest BCUT2D eigenvalue weighted by atomic mass is 16.3. The van der Waals surface area contributed by atoms with Gasteiger partial charge in [-0.1, -0.05) is 18.2 Å². The monoisotopic (exact) mass is 382 g/mol. The second kappa shape index (κ2) is 7.90. The van der Waals surface area contributed by atoms with Gasteiger partial charge < -0.3 is 24.0 Å². The quantitative estimate of drug-likeness (QED) is 0.696. The van der Waals surface area contributed by atoms with E-state index in [4.69, 9.17) is 8.83 Å². The van der Waals surface area contributed by atoms with Gasteiger partial charge in [0, 0.05) is 5.39 Å². The molecule has 0 aliphatic carbocycles. The molecule has 2 amide bonds. The second-order valence-corrected chi connectivity index (χ2v) is 7.17. The van der Waals surface area contributed by atoms with E-state index in [1.165, 1.54) is 6.26 Å². The van der Waals surface area contributed by atoms with Crippen LogP contribution in [0.2, 0.25) is 0 Å². The van der Waals surface area contributed by atoms with Crippen LogP contribution < -0.4 is 10.2 Å². The fourth-order valence-corrected chi connectivity index (χ4v) is 3.57. The van der Waals surface area contributed by atoms with Crippen molar-refractivity contribution in [1.29, 1.82) is 0 Å². The number of benzene rings is 1. The fourth-order valence-electron chi connectivity index (χ4n) is 3.57. The van der Waals surface area contributed by atoms with E-state index in [0.717, 1.165) is 34.7 Å². The first-order valence-corrected chi connectivity index (χ1v) is 9.54. The standard InChI is InChI=1S/C21H23N3O4/c1-15(19-13-16-5-2-3-6-17(16)28-19)22-20(25)14-23-8-10-24(11-9-23)21(26)18-7-4-12-27-18/h2-7,12-13,15H,8-11,14H2,1H3,(H,22,25)/p+1/t15-/m0/s1. The highest BCUT2D eigenvalue weighted by molar-refractivity contribution is 5.91. The number of carbonyl (C=O) groups is 2. The van der Waals surface area contributed by atoms with Crippen LogP contribution in [-0.2, 0) is 4.79 Å². The molecule has 0 unspecified atom stereocenters. The molecule has 0 radical (unpaired) electrons. The number of fused-ring (bicyclic) bond motifs is 1. The Hall–Kier alpha value is -3.06. The van der Waals surface area contributed by atoms with Crippen molar-refractivity contribution in [2.45, 2.75) is 13.0 Å². The van der Waals surface area contributed by atoms with E-state index >= 15 is 0 Å². The zero-order chi connectivity index (χ0) is 19.5. The smallest absolute Gasteiger partial charge is 0.289 e. The van der Waals surface area contributed by atoms with Crippen molar-refractivity contribution >= 4 is 22.8 Å². The van der Waals surface area contributed by atoms with Gasteiger partial charge in [-0.05, 0) is 31.2 Å². The molecule has 0 saturated carbocycles. The van der Waals surface area contributed by atoms with Crippen LogP contribution in [0.25, 0.3) is 11.0 Å². The second-order valence-electron chi connectivity index (χ2n) is 7.17. The Kier molecular flexibility index (Phi) is 5.16. The minimum atomic E-state index is -0.193. The molecule has 28 heavy (non-hydrogen) atoms. The van der Waals surface area contributed by atoms with E-state index in [0.29, 0.717) is 25.4 Å². The van der Waals surface area contributed by atoms with E-state index in [9.17, 15) is 9.59 Å². The lowest BCUT2D eigenvalue weighted by molar-refractivity contribution is -0.896. The summed E-state index contributed by atoms with van der Waals surface area (Å²) in [5.74, 6) is 1.00. The van der Waals surface area contributed by atoms with Gasteiger partial charge in [0.25, 0.3) is 11.8 Å². The Bertz CT molecular complexity index is 922. The maximum Gasteiger partial charge on any atom is 0.289 e. The molecule has 3 heterocycles. The summed E-state index contributed by atoms with van der Waals surface area (Å²) in [6, 6.07) is 13.0. The van der Waals surface area contributed by atoms with Crippen molar-refractivity contribution in [2.75, 3.05) is 32.7 Å². The summed E-state index contributed by atoms with van der Waals surface area (Å²) in [6.45, 7) is 5.00. The molecule has 3 aromatic rings. The van der Waals surface area contributed by atoms with Gasteiger partial charge in [0.05, 0.1) is 38.5 Å². The van der Waals surface area contributed by atoms with Crippen molar-refractivity contribution in [3.63, 3.8) is 0 Å². The highest BCUT2D eigenvalue weighted by Gasteiger charge is 2.27. The highest BCUT2D eigenvalue weighted by Crippen LogP contribution is 2.23. The lowest BCUT2D eigenvalue weighted by Gasteiger charge is -2.31. The van der Waals surface area contributed by atoms with E-state index in [1.54, 1.807) is 17.0 Å². The van der Waals surface area contributed by atoms with Gasteiger partial charge >= 0.3 is 0 Å². The third-order valence-corrected chi connectivity index (χ3v) is 5.15. The van der Waals surface area contributed by atoms with Crippen molar-refractivity contribution in [1.82, 2.24) is 10.2 Å². The number of nitrogens with one attached hydrogen (secondary N) is 2. The van der Waals surface area contributed by atoms with Crippen LogP contribution in [0.4, 0.5) is 0 Å². The third kappa shape index (κ3) is 3.94. The maximum atomic E-state index is 12.4. The lowest BCUT2D eigenvalue weighted by atomic mass is 10.2. The Balaban J connectivity index is 1.27. The number of hydrogen-bond donors (Lipinski definition) is 2. The molecule has 1 aliphatic rings. The molecule has 2 aromatic heterocycles. The SMILES string of the molecule is C[C@H](NC(=O)C[NH+]1CCN(C(=O)c2ccco2)CC1)c1cc2ccccc2o1. The van der Waals surface area contributed by atoms with E-state index in [2.05, 4.69) is 5.32 Å². The van der Waals surface area contributed by atoms with Gasteiger partial charge in [0.15, 0.2) is 12.3 Å². The van der Waals surface area contributed by atoms with Crippen molar-refractivity contribution in [3.05, 3.63) is 60.2 Å². The van der Waals surface area contributed by atoms with E-state index < -0.39 is 0 Å². The van der Waals surface area contributed by atoms with Crippen molar-refractivity contribution in [3.8, 4) is 0 Å². The molecular formula is C21H24N3O4+. The predicted molar refractivity (Wildman–Crippen MR) is 103 cm³/mol. The zero-order valence-corrected chi connectivity index (χ0v) is 15.8. The average Bonchev–Trinajstić information content (AvgIpc) is 3.37. The zero-order valence-electron chi connectivity index (χ0n) is 15.8. The minimum absolute atomic E-state index is 0.0197. The summed E-state index contributed by atoms with van der Waals surface area (Å²) in [6.07, 6.45) is 1.50. The summed E-state index contributed by atoms with van der Waals surface area (Å²) in [7, 11) is 0. The number of carbonyl (C=O) groups excluding carboxylic acids is 2. The van der Waals surface area contributed by atoms with Gasteiger partial charge in [-0.25, -0.2) is 0 Å². The topological polar surface area (TPSA) is 80.1 Å². The summed E-state index contributed by atoms with van der Waals surface area (Å²) < 4.78 is 11.0. The van der Waals surface area contributed by atoms with Crippen LogP contribution in [0.15, 0.2) is 57.6 Å². The maximum absolute atomic E-state index is 12.4. The first-order valence-electron chi connectivity index (χ1n) is 9.54. The Morgan fingerprint density at radius 3 is 2.68 bits per heavy atom. The molecule has 4 rings (SSSR count). The van der Waals surface area contributed by atoms with Gasteiger partial charge in [-0.2, -0.15) is 0 Å². The van der Waals surface area contributed by atoms with Crippen LogP contribution in [0, 0.1) is 0 Å². The molecule has 1 aliphatic heterocycles. The van der Waals surface area contributed by atoms with Gasteiger partial charge in [0.1, 0.15) is 11.3 Å². The number of rotatable bonds is 5. The summed E-state index contributed by atoms with van der Waals surface area (Å²) in [5.41, 5.74) is 0.821. The Morgan fingerprint density at radius 2 is 1.96 bits per heavy atom. The van der Waals surface area contributed by atoms with Crippen LogP contribution in [-0.4, -0.2) is 49.4 Å².